The number of allylic oxidation sites excluding steroid dienone is 1. The summed E-state index contributed by atoms with van der Waals surface area (Å²) in [6.07, 6.45) is 2.36. The van der Waals surface area contributed by atoms with Crippen LogP contribution in [-0.4, -0.2) is 45.8 Å². The van der Waals surface area contributed by atoms with E-state index in [4.69, 9.17) is 19.7 Å². The van der Waals surface area contributed by atoms with Gasteiger partial charge in [0.1, 0.15) is 11.6 Å². The number of carbonyl (C=O) groups is 2. The lowest BCUT2D eigenvalue weighted by Crippen LogP contribution is -2.40. The third-order valence-electron chi connectivity index (χ3n) is 7.92. The Labute approximate surface area is 243 Å². The first kappa shape index (κ1) is 25.5. The maximum Gasteiger partial charge on any atom is 0.261 e. The molecule has 7 rings (SSSR count). The molecule has 2 amide bonds. The number of nitrogens with zero attached hydrogens (tertiary/aromatic N) is 4. The Morgan fingerprint density at radius 1 is 0.690 bits per heavy atom. The monoisotopic (exact) mass is 550 g/mol. The maximum atomic E-state index is 13.1. The van der Waals surface area contributed by atoms with E-state index in [0.29, 0.717) is 46.3 Å². The molecule has 0 fully saturated rings. The third kappa shape index (κ3) is 4.18. The summed E-state index contributed by atoms with van der Waals surface area (Å²) in [4.78, 5) is 42.2. The van der Waals surface area contributed by atoms with Crippen molar-refractivity contribution >= 4 is 17.4 Å². The summed E-state index contributed by atoms with van der Waals surface area (Å²) in [7, 11) is 3.10. The molecule has 2 aliphatic rings. The molecule has 5 aromatic rings. The molecule has 1 unspecified atom stereocenters. The molecule has 0 saturated heterocycles. The van der Waals surface area contributed by atoms with Gasteiger partial charge in [-0.2, -0.15) is 0 Å². The van der Waals surface area contributed by atoms with Gasteiger partial charge in [0, 0.05) is 40.4 Å². The van der Waals surface area contributed by atoms with Gasteiger partial charge in [0.25, 0.3) is 11.8 Å². The van der Waals surface area contributed by atoms with Crippen molar-refractivity contribution in [2.24, 2.45) is 0 Å². The van der Waals surface area contributed by atoms with Crippen LogP contribution in [0, 0.1) is 0 Å². The second kappa shape index (κ2) is 10.2. The molecular formula is C35H26N4O3. The Morgan fingerprint density at radius 3 is 1.90 bits per heavy atom. The van der Waals surface area contributed by atoms with Gasteiger partial charge in [0.05, 0.1) is 13.0 Å². The van der Waals surface area contributed by atoms with Gasteiger partial charge in [0.2, 0.25) is 0 Å². The number of aromatic nitrogens is 3. The molecule has 7 nitrogen and oxygen atoms in total. The van der Waals surface area contributed by atoms with E-state index < -0.39 is 0 Å². The first-order chi connectivity index (χ1) is 20.5. The Balaban J connectivity index is 1.40. The van der Waals surface area contributed by atoms with Gasteiger partial charge < -0.3 is 4.74 Å². The number of benzene rings is 4. The fourth-order valence-corrected chi connectivity index (χ4v) is 5.77. The number of likely N-dealkylation sites (N-methyl/N-ethyl adjacent to an activating group) is 1. The summed E-state index contributed by atoms with van der Waals surface area (Å²) in [6.45, 7) is 0. The average molecular weight is 551 g/mol. The smallest absolute Gasteiger partial charge is 0.261 e. The maximum absolute atomic E-state index is 13.1. The summed E-state index contributed by atoms with van der Waals surface area (Å²) >= 11 is 0. The lowest BCUT2D eigenvalue weighted by molar-refractivity contribution is -0.121. The summed E-state index contributed by atoms with van der Waals surface area (Å²) in [6, 6.07) is 31.7. The van der Waals surface area contributed by atoms with Crippen LogP contribution in [0.15, 0.2) is 103 Å². The zero-order valence-electron chi connectivity index (χ0n) is 23.1. The minimum atomic E-state index is -0.351. The molecule has 2 heterocycles. The molecule has 0 radical (unpaired) electrons. The van der Waals surface area contributed by atoms with E-state index in [-0.39, 0.29) is 17.7 Å². The lowest BCUT2D eigenvalue weighted by atomic mass is 9.77. The van der Waals surface area contributed by atoms with Gasteiger partial charge >= 0.3 is 0 Å². The molecule has 4 aromatic carbocycles. The van der Waals surface area contributed by atoms with Crippen molar-refractivity contribution in [2.45, 2.75) is 12.3 Å². The normalized spacial score (nSPS) is 15.7. The molecule has 0 saturated carbocycles. The van der Waals surface area contributed by atoms with Gasteiger partial charge in [-0.15, -0.1) is 0 Å². The molecule has 7 heteroatoms. The van der Waals surface area contributed by atoms with Crippen LogP contribution in [-0.2, 0) is 4.79 Å². The van der Waals surface area contributed by atoms with Crippen molar-refractivity contribution in [3.05, 3.63) is 126 Å². The zero-order chi connectivity index (χ0) is 28.8. The van der Waals surface area contributed by atoms with Crippen molar-refractivity contribution in [2.75, 3.05) is 14.2 Å². The highest BCUT2D eigenvalue weighted by Gasteiger charge is 2.40. The van der Waals surface area contributed by atoms with Gasteiger partial charge in [-0.1, -0.05) is 91.0 Å². The molecule has 1 aliphatic carbocycles. The summed E-state index contributed by atoms with van der Waals surface area (Å²) < 4.78 is 5.78. The van der Waals surface area contributed by atoms with Gasteiger partial charge in [0.15, 0.2) is 11.6 Å². The topological polar surface area (TPSA) is 85.3 Å². The number of methoxy groups -OCH3 is 1. The van der Waals surface area contributed by atoms with E-state index >= 15 is 0 Å². The van der Waals surface area contributed by atoms with Crippen molar-refractivity contribution < 1.29 is 14.3 Å². The predicted octanol–water partition coefficient (Wildman–Crippen LogP) is 6.41. The highest BCUT2D eigenvalue weighted by atomic mass is 16.5. The van der Waals surface area contributed by atoms with Crippen LogP contribution < -0.4 is 4.74 Å². The quantitative estimate of drug-likeness (QED) is 0.235. The summed E-state index contributed by atoms with van der Waals surface area (Å²) in [5.41, 5.74) is 6.28. The molecular weight excluding hydrogens is 524 g/mol. The number of imide groups is 1. The van der Waals surface area contributed by atoms with Crippen LogP contribution >= 0.6 is 0 Å². The van der Waals surface area contributed by atoms with Crippen molar-refractivity contribution in [3.63, 3.8) is 0 Å². The first-order valence-corrected chi connectivity index (χ1v) is 13.7. The zero-order valence-corrected chi connectivity index (χ0v) is 23.1. The third-order valence-corrected chi connectivity index (χ3v) is 7.92. The standard InChI is InChI=1S/C35H26N4O3/c1-39-34(40)26-18-17-25(30-28(42-2)20-19-27(29(26)30)35(39)41)33-37-31(23-11-7-4-8-12-23)36-32(38-33)24-15-13-22(14-16-24)21-9-5-3-6-10-21/h3-16,18-20,25H,17H2,1-2H3. The van der Waals surface area contributed by atoms with E-state index in [2.05, 4.69) is 24.3 Å². The van der Waals surface area contributed by atoms with Gasteiger partial charge in [-0.3, -0.25) is 14.5 Å². The Morgan fingerprint density at radius 2 is 1.26 bits per heavy atom. The largest absolute Gasteiger partial charge is 0.496 e. The molecule has 1 aromatic heterocycles. The molecule has 0 bridgehead atoms. The highest BCUT2D eigenvalue weighted by molar-refractivity contribution is 6.31. The summed E-state index contributed by atoms with van der Waals surface area (Å²) in [5.74, 6) is 1.22. The van der Waals surface area contributed by atoms with E-state index in [9.17, 15) is 9.59 Å². The number of hydrogen-bond donors (Lipinski definition) is 0. The predicted molar refractivity (Wildman–Crippen MR) is 161 cm³/mol. The Kier molecular flexibility index (Phi) is 6.20. The second-order valence-corrected chi connectivity index (χ2v) is 10.3. The molecule has 1 aliphatic heterocycles. The fourth-order valence-electron chi connectivity index (χ4n) is 5.77. The van der Waals surface area contributed by atoms with Crippen LogP contribution in [0.5, 0.6) is 5.75 Å². The van der Waals surface area contributed by atoms with Crippen molar-refractivity contribution in [1.82, 2.24) is 19.9 Å². The molecule has 42 heavy (non-hydrogen) atoms. The second-order valence-electron chi connectivity index (χ2n) is 10.3. The van der Waals surface area contributed by atoms with E-state index in [1.807, 2.05) is 66.7 Å². The minimum absolute atomic E-state index is 0.319. The van der Waals surface area contributed by atoms with Gasteiger partial charge in [-0.25, -0.2) is 15.0 Å². The number of hydrogen-bond acceptors (Lipinski definition) is 6. The molecule has 204 valence electrons. The van der Waals surface area contributed by atoms with E-state index in [1.54, 1.807) is 19.2 Å². The fraction of sp³-hybridized carbons (Fsp3) is 0.114. The number of amides is 2. The molecule has 0 spiro atoms. The Bertz CT molecular complexity index is 1880. The van der Waals surface area contributed by atoms with Gasteiger partial charge in [-0.05, 0) is 29.7 Å². The van der Waals surface area contributed by atoms with Crippen LogP contribution in [0.2, 0.25) is 0 Å². The van der Waals surface area contributed by atoms with Crippen molar-refractivity contribution in [3.8, 4) is 39.7 Å². The lowest BCUT2D eigenvalue weighted by Gasteiger charge is -2.33. The number of carbonyl (C=O) groups excluding carboxylic acids is 2. The van der Waals surface area contributed by atoms with Crippen LogP contribution in [0.3, 0.4) is 0 Å². The number of ether oxygens (including phenoxy) is 1. The van der Waals surface area contributed by atoms with Crippen LogP contribution in [0.25, 0.3) is 39.5 Å². The molecule has 0 N–H and O–H groups in total. The minimum Gasteiger partial charge on any atom is -0.496 e. The highest BCUT2D eigenvalue weighted by Crippen LogP contribution is 2.46. The average Bonchev–Trinajstić information content (AvgIpc) is 3.06. The number of rotatable bonds is 5. The molecule has 1 atom stereocenters. The SMILES string of the molecule is COc1ccc2c3c1C(c1nc(-c4ccccc4)nc(-c4ccc(-c5ccccc5)cc4)n1)CC=C3C(=O)N(C)C2=O. The van der Waals surface area contributed by atoms with E-state index in [1.165, 1.54) is 11.9 Å². The Hall–Kier alpha value is -5.43. The summed E-state index contributed by atoms with van der Waals surface area (Å²) in [5, 5.41) is 0. The van der Waals surface area contributed by atoms with Crippen molar-refractivity contribution in [1.29, 1.82) is 0 Å². The van der Waals surface area contributed by atoms with E-state index in [0.717, 1.165) is 27.8 Å². The van der Waals surface area contributed by atoms with Crippen LogP contribution in [0.4, 0.5) is 0 Å². The van der Waals surface area contributed by atoms with Crippen LogP contribution in [0.1, 0.15) is 39.6 Å². The first-order valence-electron chi connectivity index (χ1n) is 13.7.